The van der Waals surface area contributed by atoms with Crippen LogP contribution >= 0.6 is 11.3 Å². The molecular formula is C17H14N2O4S2. The fourth-order valence-electron chi connectivity index (χ4n) is 2.36. The van der Waals surface area contributed by atoms with Crippen molar-refractivity contribution in [2.75, 3.05) is 4.31 Å². The molecule has 2 aromatic carbocycles. The summed E-state index contributed by atoms with van der Waals surface area (Å²) in [5.41, 5.74) is 1.90. The molecule has 0 fully saturated rings. The van der Waals surface area contributed by atoms with E-state index in [1.54, 1.807) is 31.2 Å². The number of nitrogens with zero attached hydrogens (tertiary/aromatic N) is 2. The van der Waals surface area contributed by atoms with E-state index in [9.17, 15) is 18.7 Å². The van der Waals surface area contributed by atoms with Gasteiger partial charge in [-0.2, -0.15) is 0 Å². The zero-order valence-corrected chi connectivity index (χ0v) is 14.8. The lowest BCUT2D eigenvalue weighted by Crippen LogP contribution is -2.22. The highest BCUT2D eigenvalue weighted by Crippen LogP contribution is 2.37. The third-order valence-corrected chi connectivity index (χ3v) is 5.27. The number of anilines is 2. The maximum Gasteiger partial charge on any atom is 0.349 e. The van der Waals surface area contributed by atoms with Gasteiger partial charge in [0, 0.05) is 5.56 Å². The van der Waals surface area contributed by atoms with E-state index in [2.05, 4.69) is 4.98 Å². The number of carboxylic acids is 1. The Hall–Kier alpha value is -2.55. The number of hydrogen-bond acceptors (Lipinski definition) is 4. The van der Waals surface area contributed by atoms with Crippen molar-refractivity contribution in [3.63, 3.8) is 0 Å². The predicted octanol–water partition coefficient (Wildman–Crippen LogP) is 4.09. The van der Waals surface area contributed by atoms with Crippen LogP contribution in [0.25, 0.3) is 10.6 Å². The van der Waals surface area contributed by atoms with Crippen molar-refractivity contribution < 1.29 is 18.7 Å². The molecule has 1 heterocycles. The molecule has 0 amide bonds. The van der Waals surface area contributed by atoms with E-state index < -0.39 is 17.2 Å². The lowest BCUT2D eigenvalue weighted by molar-refractivity contribution is 0.0703. The highest BCUT2D eigenvalue weighted by atomic mass is 32.2. The van der Waals surface area contributed by atoms with Crippen molar-refractivity contribution in [3.05, 3.63) is 65.0 Å². The van der Waals surface area contributed by atoms with E-state index in [0.29, 0.717) is 10.7 Å². The van der Waals surface area contributed by atoms with Crippen LogP contribution in [-0.4, -0.2) is 24.8 Å². The average Bonchev–Trinajstić information content (AvgIpc) is 3.02. The van der Waals surface area contributed by atoms with Gasteiger partial charge in [-0.1, -0.05) is 48.5 Å². The molecule has 6 nitrogen and oxygen atoms in total. The average molecular weight is 374 g/mol. The summed E-state index contributed by atoms with van der Waals surface area (Å²) >= 11 is -1.50. The Balaban J connectivity index is 2.20. The number of carbonyl (C=O) groups is 1. The van der Waals surface area contributed by atoms with Gasteiger partial charge in [-0.05, 0) is 18.6 Å². The molecule has 1 aromatic heterocycles. The molecule has 0 aliphatic heterocycles. The zero-order chi connectivity index (χ0) is 18.0. The van der Waals surface area contributed by atoms with Gasteiger partial charge >= 0.3 is 5.97 Å². The standard InChI is InChI=1S/C17H14N2O4S2/c1-11-7-5-6-10-13(11)19(25(22)23)15-14(17(20)21)24-16(18-15)12-8-3-2-4-9-12/h2-10H,1H3,(H,20,21)(H,22,23). The minimum absolute atomic E-state index is 0.0495. The Morgan fingerprint density at radius 1 is 1.12 bits per heavy atom. The van der Waals surface area contributed by atoms with Crippen LogP contribution in [-0.2, 0) is 11.3 Å². The topological polar surface area (TPSA) is 90.7 Å². The Labute approximate surface area is 150 Å². The van der Waals surface area contributed by atoms with Gasteiger partial charge in [-0.15, -0.1) is 11.3 Å². The molecule has 3 aromatic rings. The van der Waals surface area contributed by atoms with Gasteiger partial charge in [0.05, 0.1) is 5.69 Å². The lowest BCUT2D eigenvalue weighted by atomic mass is 10.2. The molecule has 25 heavy (non-hydrogen) atoms. The summed E-state index contributed by atoms with van der Waals surface area (Å²) in [6.45, 7) is 1.78. The first-order chi connectivity index (χ1) is 12.0. The summed E-state index contributed by atoms with van der Waals surface area (Å²) in [6, 6.07) is 16.0. The largest absolute Gasteiger partial charge is 0.477 e. The third-order valence-electron chi connectivity index (χ3n) is 3.51. The second kappa shape index (κ2) is 7.14. The first-order valence-electron chi connectivity index (χ1n) is 7.25. The van der Waals surface area contributed by atoms with Crippen LogP contribution in [0.3, 0.4) is 0 Å². The number of thiazole rings is 1. The second-order valence-corrected chi connectivity index (χ2v) is 6.98. The van der Waals surface area contributed by atoms with Crippen molar-refractivity contribution in [3.8, 4) is 10.6 Å². The molecule has 1 atom stereocenters. The Morgan fingerprint density at radius 3 is 2.36 bits per heavy atom. The van der Waals surface area contributed by atoms with Crippen LogP contribution < -0.4 is 4.31 Å². The molecular weight excluding hydrogens is 360 g/mol. The van der Waals surface area contributed by atoms with Gasteiger partial charge < -0.3 is 5.11 Å². The van der Waals surface area contributed by atoms with E-state index in [0.717, 1.165) is 26.8 Å². The normalized spacial score (nSPS) is 11.9. The van der Waals surface area contributed by atoms with Crippen LogP contribution in [0.15, 0.2) is 54.6 Å². The summed E-state index contributed by atoms with van der Waals surface area (Å²) in [5, 5.41) is 10.0. The van der Waals surface area contributed by atoms with Crippen LogP contribution in [0.1, 0.15) is 15.2 Å². The predicted molar refractivity (Wildman–Crippen MR) is 98.6 cm³/mol. The lowest BCUT2D eigenvalue weighted by Gasteiger charge is -2.20. The number of rotatable bonds is 5. The van der Waals surface area contributed by atoms with Gasteiger partial charge in [0.15, 0.2) is 10.7 Å². The number of hydrogen-bond donors (Lipinski definition) is 2. The summed E-state index contributed by atoms with van der Waals surface area (Å²) in [5.74, 6) is -1.25. The van der Waals surface area contributed by atoms with Crippen molar-refractivity contribution in [2.45, 2.75) is 6.92 Å². The summed E-state index contributed by atoms with van der Waals surface area (Å²) < 4.78 is 22.8. The first-order valence-corrected chi connectivity index (χ1v) is 9.13. The third kappa shape index (κ3) is 3.46. The number of aromatic carboxylic acids is 1. The van der Waals surface area contributed by atoms with Crippen LogP contribution in [0.4, 0.5) is 11.5 Å². The van der Waals surface area contributed by atoms with Crippen molar-refractivity contribution in [2.24, 2.45) is 0 Å². The quantitative estimate of drug-likeness (QED) is 0.656. The summed E-state index contributed by atoms with van der Waals surface area (Å²) in [4.78, 5) is 15.9. The highest BCUT2D eigenvalue weighted by Gasteiger charge is 2.28. The molecule has 3 rings (SSSR count). The number of carboxylic acid groups (broad SMARTS) is 1. The number of aromatic nitrogens is 1. The smallest absolute Gasteiger partial charge is 0.349 e. The Morgan fingerprint density at radius 2 is 1.76 bits per heavy atom. The highest BCUT2D eigenvalue weighted by molar-refractivity contribution is 7.81. The van der Waals surface area contributed by atoms with Gasteiger partial charge in [0.25, 0.3) is 11.3 Å². The SMILES string of the molecule is Cc1ccccc1N(c1nc(-c2ccccc2)sc1C(=O)O)S(=O)O. The van der Waals surface area contributed by atoms with Gasteiger partial charge in [-0.3, -0.25) is 4.55 Å². The minimum atomic E-state index is -2.47. The van der Waals surface area contributed by atoms with Gasteiger partial charge in [0.2, 0.25) is 0 Å². The molecule has 0 aliphatic rings. The first kappa shape index (κ1) is 17.3. The van der Waals surface area contributed by atoms with Crippen molar-refractivity contribution in [1.29, 1.82) is 0 Å². The number of benzene rings is 2. The molecule has 0 saturated heterocycles. The summed E-state index contributed by atoms with van der Waals surface area (Å²) in [7, 11) is 0. The van der Waals surface area contributed by atoms with Gasteiger partial charge in [0.1, 0.15) is 5.01 Å². The fourth-order valence-corrected chi connectivity index (χ4v) is 3.96. The van der Waals surface area contributed by atoms with Crippen molar-refractivity contribution in [1.82, 2.24) is 4.98 Å². The van der Waals surface area contributed by atoms with E-state index >= 15 is 0 Å². The monoisotopic (exact) mass is 374 g/mol. The molecule has 1 unspecified atom stereocenters. The second-order valence-electron chi connectivity index (χ2n) is 5.15. The minimum Gasteiger partial charge on any atom is -0.477 e. The zero-order valence-electron chi connectivity index (χ0n) is 13.1. The molecule has 8 heteroatoms. The molecule has 2 N–H and O–H groups in total. The number of para-hydroxylation sites is 1. The van der Waals surface area contributed by atoms with E-state index in [1.165, 1.54) is 0 Å². The van der Waals surface area contributed by atoms with E-state index in [4.69, 9.17) is 0 Å². The molecule has 0 bridgehead atoms. The van der Waals surface area contributed by atoms with Gasteiger partial charge in [-0.25, -0.2) is 18.3 Å². The summed E-state index contributed by atoms with van der Waals surface area (Å²) in [6.07, 6.45) is 0. The van der Waals surface area contributed by atoms with Crippen LogP contribution in [0, 0.1) is 6.92 Å². The molecule has 0 aliphatic carbocycles. The van der Waals surface area contributed by atoms with Crippen LogP contribution in [0.2, 0.25) is 0 Å². The van der Waals surface area contributed by atoms with Crippen LogP contribution in [0.5, 0.6) is 0 Å². The number of aryl methyl sites for hydroxylation is 1. The fraction of sp³-hybridized carbons (Fsp3) is 0.0588. The Bertz CT molecular complexity index is 941. The molecule has 128 valence electrons. The maximum atomic E-state index is 12.0. The Kier molecular flexibility index (Phi) is 4.93. The molecule has 0 radical (unpaired) electrons. The molecule has 0 saturated carbocycles. The van der Waals surface area contributed by atoms with Crippen molar-refractivity contribution >= 4 is 40.1 Å². The van der Waals surface area contributed by atoms with E-state index in [1.807, 2.05) is 30.3 Å². The maximum absolute atomic E-state index is 12.0. The van der Waals surface area contributed by atoms with E-state index in [-0.39, 0.29) is 10.7 Å². The molecule has 0 spiro atoms.